The summed E-state index contributed by atoms with van der Waals surface area (Å²) in [5.41, 5.74) is -1.96. The molecule has 3 nitrogen and oxygen atoms in total. The van der Waals surface area contributed by atoms with E-state index in [1.807, 2.05) is 0 Å². The van der Waals surface area contributed by atoms with Gasteiger partial charge in [-0.2, -0.15) is 0 Å². The van der Waals surface area contributed by atoms with E-state index in [9.17, 15) is 9.59 Å². The molecule has 0 radical (unpaired) electrons. The summed E-state index contributed by atoms with van der Waals surface area (Å²) in [7, 11) is 0. The standard InChI is InChI=1S/C22H26Cl4O3/c23-21(24)15-3-11-1-12(4-15)8-19(21,7-11)17(27)29-18(28)20-9-13-2-14(10-20)6-16(5-13)22(20,25)26/h11-16H,1-10H2/t11-,12-,13+,14+,15?,16?,19?,20?. The van der Waals surface area contributed by atoms with Crippen molar-refractivity contribution in [3.8, 4) is 0 Å². The Bertz CT molecular complexity index is 701. The molecule has 0 aromatic heterocycles. The van der Waals surface area contributed by atoms with E-state index in [0.29, 0.717) is 49.4 Å². The van der Waals surface area contributed by atoms with Crippen molar-refractivity contribution in [2.24, 2.45) is 46.3 Å². The topological polar surface area (TPSA) is 43.4 Å². The van der Waals surface area contributed by atoms with E-state index >= 15 is 0 Å². The van der Waals surface area contributed by atoms with Crippen LogP contribution < -0.4 is 0 Å². The number of esters is 2. The lowest BCUT2D eigenvalue weighted by molar-refractivity contribution is -0.192. The number of ether oxygens (including phenoxy) is 1. The molecule has 29 heavy (non-hydrogen) atoms. The second-order valence-corrected chi connectivity index (χ2v) is 13.9. The van der Waals surface area contributed by atoms with Crippen LogP contribution in [0.1, 0.15) is 64.2 Å². The van der Waals surface area contributed by atoms with Gasteiger partial charge in [0.1, 0.15) is 19.5 Å². The molecule has 0 unspecified atom stereocenters. The first-order valence-corrected chi connectivity index (χ1v) is 12.6. The Morgan fingerprint density at radius 2 is 0.897 bits per heavy atom. The highest BCUT2D eigenvalue weighted by atomic mass is 35.5. The minimum Gasteiger partial charge on any atom is -0.392 e. The number of carbonyl (C=O) groups is 2. The number of hydrogen-bond donors (Lipinski definition) is 0. The fraction of sp³-hybridized carbons (Fsp3) is 0.909. The number of carbonyl (C=O) groups excluding carboxylic acids is 2. The molecule has 8 aliphatic rings. The Labute approximate surface area is 191 Å². The number of alkyl halides is 4. The van der Waals surface area contributed by atoms with Crippen LogP contribution in [-0.2, 0) is 14.3 Å². The van der Waals surface area contributed by atoms with Crippen LogP contribution in [0.4, 0.5) is 0 Å². The third-order valence-corrected chi connectivity index (χ3v) is 12.3. The third kappa shape index (κ3) is 2.40. The van der Waals surface area contributed by atoms with Crippen LogP contribution >= 0.6 is 46.4 Å². The van der Waals surface area contributed by atoms with Crippen molar-refractivity contribution >= 4 is 58.3 Å². The van der Waals surface area contributed by atoms with Gasteiger partial charge in [-0.3, -0.25) is 9.59 Å². The molecule has 0 amide bonds. The summed E-state index contributed by atoms with van der Waals surface area (Å²) < 4.78 is 3.34. The molecule has 8 aliphatic carbocycles. The normalized spacial score (nSPS) is 52.6. The van der Waals surface area contributed by atoms with E-state index in [2.05, 4.69) is 0 Å². The zero-order valence-corrected chi connectivity index (χ0v) is 19.3. The minimum absolute atomic E-state index is 0.0967. The van der Waals surface area contributed by atoms with Gasteiger partial charge in [0.05, 0.1) is 0 Å². The van der Waals surface area contributed by atoms with Crippen molar-refractivity contribution < 1.29 is 14.3 Å². The highest BCUT2D eigenvalue weighted by molar-refractivity contribution is 6.51. The van der Waals surface area contributed by atoms with Gasteiger partial charge in [0.25, 0.3) is 0 Å². The highest BCUT2D eigenvalue weighted by Crippen LogP contribution is 2.71. The molecule has 0 N–H and O–H groups in total. The molecule has 0 aromatic carbocycles. The average molecular weight is 480 g/mol. The van der Waals surface area contributed by atoms with Gasteiger partial charge in [-0.25, -0.2) is 0 Å². The van der Waals surface area contributed by atoms with Crippen molar-refractivity contribution in [3.63, 3.8) is 0 Å². The van der Waals surface area contributed by atoms with Crippen molar-refractivity contribution in [2.75, 3.05) is 0 Å². The van der Waals surface area contributed by atoms with E-state index in [4.69, 9.17) is 51.1 Å². The second-order valence-electron chi connectivity index (χ2n) is 11.2. The van der Waals surface area contributed by atoms with Crippen molar-refractivity contribution in [3.05, 3.63) is 0 Å². The molecule has 8 rings (SSSR count). The maximum absolute atomic E-state index is 13.5. The molecule has 4 atom stereocenters. The van der Waals surface area contributed by atoms with Gasteiger partial charge in [0.15, 0.2) is 0 Å². The molecule has 0 aromatic rings. The number of halogens is 4. The molecule has 8 bridgehead atoms. The molecule has 0 aliphatic heterocycles. The van der Waals surface area contributed by atoms with Crippen LogP contribution in [0.2, 0.25) is 0 Å². The molecule has 0 saturated heterocycles. The van der Waals surface area contributed by atoms with Gasteiger partial charge in [-0.1, -0.05) is 0 Å². The Morgan fingerprint density at radius 3 is 1.21 bits per heavy atom. The minimum atomic E-state index is -1.17. The number of rotatable bonds is 2. The van der Waals surface area contributed by atoms with Crippen LogP contribution in [0.25, 0.3) is 0 Å². The van der Waals surface area contributed by atoms with Crippen LogP contribution in [-0.4, -0.2) is 20.6 Å². The fourth-order valence-electron chi connectivity index (χ4n) is 8.74. The van der Waals surface area contributed by atoms with E-state index in [1.54, 1.807) is 0 Å². The van der Waals surface area contributed by atoms with Crippen LogP contribution in [0.3, 0.4) is 0 Å². The summed E-state index contributed by atoms with van der Waals surface area (Å²) in [6.07, 6.45) is 8.60. The Morgan fingerprint density at radius 1 is 0.586 bits per heavy atom. The quantitative estimate of drug-likeness (QED) is 0.274. The Balaban J connectivity index is 1.31. The first-order valence-electron chi connectivity index (χ1n) is 11.1. The molecule has 0 heterocycles. The molecular formula is C22H26Cl4O3. The van der Waals surface area contributed by atoms with E-state index < -0.39 is 31.4 Å². The zero-order chi connectivity index (χ0) is 20.4. The van der Waals surface area contributed by atoms with Gasteiger partial charge in [-0.15, -0.1) is 46.4 Å². The SMILES string of the molecule is O=C(OC(=O)C12C[C@H]3CC(C[C@@H](C3)C1)C2(Cl)Cl)C12C[C@@H]3CC(C[C@H](C3)C1)C2(Cl)Cl. The van der Waals surface area contributed by atoms with Crippen molar-refractivity contribution in [1.29, 1.82) is 0 Å². The Hall–Kier alpha value is 0.300. The van der Waals surface area contributed by atoms with Gasteiger partial charge in [0.2, 0.25) is 0 Å². The summed E-state index contributed by atoms with van der Waals surface area (Å²) in [5, 5.41) is 0. The summed E-state index contributed by atoms with van der Waals surface area (Å²) in [6.45, 7) is 0. The Kier molecular flexibility index (Phi) is 4.13. The largest absolute Gasteiger partial charge is 0.392 e. The molecule has 8 fully saturated rings. The molecular weight excluding hydrogens is 454 g/mol. The summed E-state index contributed by atoms with van der Waals surface area (Å²) >= 11 is 27.3. The van der Waals surface area contributed by atoms with E-state index in [1.165, 1.54) is 0 Å². The predicted molar refractivity (Wildman–Crippen MR) is 112 cm³/mol. The molecule has 8 saturated carbocycles. The van der Waals surface area contributed by atoms with Gasteiger partial charge in [-0.05, 0) is 99.7 Å². The summed E-state index contributed by atoms with van der Waals surface area (Å²) in [4.78, 5) is 27.1. The molecule has 7 heteroatoms. The van der Waals surface area contributed by atoms with E-state index in [0.717, 1.165) is 38.5 Å². The van der Waals surface area contributed by atoms with Crippen LogP contribution in [0.5, 0.6) is 0 Å². The van der Waals surface area contributed by atoms with Gasteiger partial charge in [0, 0.05) is 0 Å². The highest BCUT2D eigenvalue weighted by Gasteiger charge is 2.72. The smallest absolute Gasteiger partial charge is 0.322 e. The van der Waals surface area contributed by atoms with Crippen LogP contribution in [0, 0.1) is 46.3 Å². The lowest BCUT2D eigenvalue weighted by Crippen LogP contribution is -2.65. The van der Waals surface area contributed by atoms with E-state index in [-0.39, 0.29) is 11.8 Å². The predicted octanol–water partition coefficient (Wildman–Crippen LogP) is 6.06. The zero-order valence-electron chi connectivity index (χ0n) is 16.3. The second kappa shape index (κ2) is 6.00. The maximum Gasteiger partial charge on any atom is 0.322 e. The average Bonchev–Trinajstić information content (AvgIpc) is 2.63. The first-order chi connectivity index (χ1) is 13.6. The van der Waals surface area contributed by atoms with Crippen molar-refractivity contribution in [1.82, 2.24) is 0 Å². The van der Waals surface area contributed by atoms with Gasteiger partial charge < -0.3 is 4.74 Å². The summed E-state index contributed by atoms with van der Waals surface area (Å²) in [6, 6.07) is 0. The monoisotopic (exact) mass is 478 g/mol. The van der Waals surface area contributed by atoms with Crippen molar-refractivity contribution in [2.45, 2.75) is 72.9 Å². The van der Waals surface area contributed by atoms with Gasteiger partial charge >= 0.3 is 11.9 Å². The molecule has 160 valence electrons. The number of hydrogen-bond acceptors (Lipinski definition) is 3. The fourth-order valence-corrected chi connectivity index (χ4v) is 10.4. The summed E-state index contributed by atoms with van der Waals surface area (Å²) in [5.74, 6) is 0.902. The molecule has 0 spiro atoms. The lowest BCUT2D eigenvalue weighted by Gasteiger charge is -2.62. The third-order valence-electron chi connectivity index (χ3n) is 9.62. The van der Waals surface area contributed by atoms with Crippen LogP contribution in [0.15, 0.2) is 0 Å². The lowest BCUT2D eigenvalue weighted by atomic mass is 9.48. The first kappa shape index (κ1) is 19.9. The maximum atomic E-state index is 13.5.